The molecular formula is C20H29O4. The molecule has 0 saturated heterocycles. The zero-order valence-corrected chi connectivity index (χ0v) is 15.6. The normalized spacial score (nSPS) is 12.8. The van der Waals surface area contributed by atoms with E-state index >= 15 is 0 Å². The third kappa shape index (κ3) is 5.59. The van der Waals surface area contributed by atoms with E-state index in [1.54, 1.807) is 19.1 Å². The highest BCUT2D eigenvalue weighted by molar-refractivity contribution is 5.81. The highest BCUT2D eigenvalue weighted by atomic mass is 16.6. The van der Waals surface area contributed by atoms with Crippen molar-refractivity contribution in [3.05, 3.63) is 41.8 Å². The highest BCUT2D eigenvalue weighted by Gasteiger charge is 2.25. The Hall–Kier alpha value is -1.97. The predicted molar refractivity (Wildman–Crippen MR) is 96.3 cm³/mol. The van der Waals surface area contributed by atoms with Crippen LogP contribution in [0.4, 0.5) is 0 Å². The van der Waals surface area contributed by atoms with Gasteiger partial charge in [0.2, 0.25) is 0 Å². The smallest absolute Gasteiger partial charge is 0.330 e. The summed E-state index contributed by atoms with van der Waals surface area (Å²) in [5.74, 6) is 1.74. The quantitative estimate of drug-likeness (QED) is 0.595. The van der Waals surface area contributed by atoms with Gasteiger partial charge >= 0.3 is 5.97 Å². The summed E-state index contributed by atoms with van der Waals surface area (Å²) in [5.41, 5.74) is 1.65. The van der Waals surface area contributed by atoms with E-state index in [2.05, 4.69) is 41.2 Å². The Bertz CT molecular complexity index is 582. The fourth-order valence-electron chi connectivity index (χ4n) is 2.61. The molecule has 0 saturated carbocycles. The minimum Gasteiger partial charge on any atom is -0.508 e. The van der Waals surface area contributed by atoms with Crippen molar-refractivity contribution in [2.45, 2.75) is 59.5 Å². The van der Waals surface area contributed by atoms with Crippen LogP contribution in [0.1, 0.15) is 52.7 Å². The number of benzene rings is 1. The summed E-state index contributed by atoms with van der Waals surface area (Å²) in [6.07, 6.45) is 1.47. The van der Waals surface area contributed by atoms with E-state index in [9.17, 15) is 9.90 Å². The van der Waals surface area contributed by atoms with Gasteiger partial charge in [-0.3, -0.25) is 0 Å². The molecule has 1 N–H and O–H groups in total. The molecule has 133 valence electrons. The third-order valence-corrected chi connectivity index (χ3v) is 3.49. The van der Waals surface area contributed by atoms with Gasteiger partial charge in [-0.1, -0.05) is 41.2 Å². The van der Waals surface area contributed by atoms with Gasteiger partial charge < -0.3 is 14.6 Å². The van der Waals surface area contributed by atoms with Gasteiger partial charge in [0.05, 0.1) is 0 Å². The van der Waals surface area contributed by atoms with Gasteiger partial charge in [0.1, 0.15) is 24.2 Å². The zero-order valence-electron chi connectivity index (χ0n) is 15.6. The van der Waals surface area contributed by atoms with Crippen LogP contribution in [0.3, 0.4) is 0 Å². The summed E-state index contributed by atoms with van der Waals surface area (Å²) in [7, 11) is 0. The molecule has 4 heteroatoms. The maximum absolute atomic E-state index is 11.2. The molecule has 0 aliphatic heterocycles. The second kappa shape index (κ2) is 8.22. The average molecular weight is 333 g/mol. The number of phenolic OH excluding ortho intramolecular Hbond substituents is 1. The number of hydrogen-bond acceptors (Lipinski definition) is 4. The van der Waals surface area contributed by atoms with E-state index in [1.807, 2.05) is 0 Å². The van der Waals surface area contributed by atoms with Crippen molar-refractivity contribution < 1.29 is 19.4 Å². The molecule has 1 aromatic rings. The average Bonchev–Trinajstić information content (AvgIpc) is 2.44. The highest BCUT2D eigenvalue weighted by Crippen LogP contribution is 2.39. The first kappa shape index (κ1) is 20.1. The van der Waals surface area contributed by atoms with E-state index in [-0.39, 0.29) is 23.9 Å². The van der Waals surface area contributed by atoms with Crippen LogP contribution in [0.15, 0.2) is 24.8 Å². The van der Waals surface area contributed by atoms with Crippen molar-refractivity contribution in [2.75, 3.05) is 6.61 Å². The minimum absolute atomic E-state index is 0.213. The van der Waals surface area contributed by atoms with Gasteiger partial charge in [0.15, 0.2) is 0 Å². The Morgan fingerprint density at radius 1 is 1.33 bits per heavy atom. The number of carbonyl (C=O) groups is 1. The number of aromatic hydroxyl groups is 1. The van der Waals surface area contributed by atoms with Crippen molar-refractivity contribution in [3.8, 4) is 11.5 Å². The van der Waals surface area contributed by atoms with Crippen LogP contribution < -0.4 is 4.74 Å². The van der Waals surface area contributed by atoms with Crippen LogP contribution in [-0.4, -0.2) is 23.8 Å². The van der Waals surface area contributed by atoms with Crippen LogP contribution in [0.5, 0.6) is 11.5 Å². The predicted octanol–water partition coefficient (Wildman–Crippen LogP) is 4.34. The molecule has 0 bridgehead atoms. The lowest BCUT2D eigenvalue weighted by molar-refractivity contribution is -0.143. The Morgan fingerprint density at radius 2 is 1.96 bits per heavy atom. The largest absolute Gasteiger partial charge is 0.508 e. The standard InChI is InChI=1S/C20H29O4/c1-8-18(22)24-14(4)12-23-17-10-9-16(21)19(20(5,6)7)15(17)11-13(2)3/h8-10,14,21H,1,11-12H2,2-7H3. The lowest BCUT2D eigenvalue weighted by Gasteiger charge is -2.27. The molecule has 0 amide bonds. The van der Waals surface area contributed by atoms with Crippen molar-refractivity contribution in [3.63, 3.8) is 0 Å². The first-order valence-electron chi connectivity index (χ1n) is 8.16. The van der Waals surface area contributed by atoms with Crippen molar-refractivity contribution in [1.82, 2.24) is 0 Å². The van der Waals surface area contributed by atoms with Crippen molar-refractivity contribution >= 4 is 5.97 Å². The van der Waals surface area contributed by atoms with Gasteiger partial charge in [-0.2, -0.15) is 0 Å². The molecule has 1 unspecified atom stereocenters. The van der Waals surface area contributed by atoms with Gasteiger partial charge in [0, 0.05) is 17.2 Å². The van der Waals surface area contributed by atoms with Crippen LogP contribution >= 0.6 is 0 Å². The first-order valence-corrected chi connectivity index (χ1v) is 8.16. The summed E-state index contributed by atoms with van der Waals surface area (Å²) in [6, 6.07) is 3.43. The monoisotopic (exact) mass is 333 g/mol. The maximum Gasteiger partial charge on any atom is 0.330 e. The van der Waals surface area contributed by atoms with Crippen LogP contribution in [0.25, 0.3) is 0 Å². The Kier molecular flexibility index (Phi) is 6.88. The molecule has 0 aliphatic carbocycles. The molecule has 1 rings (SSSR count). The number of rotatable bonds is 7. The summed E-state index contributed by atoms with van der Waals surface area (Å²) >= 11 is 0. The van der Waals surface area contributed by atoms with Crippen LogP contribution in [0, 0.1) is 5.92 Å². The summed E-state index contributed by atoms with van der Waals surface area (Å²) in [6.45, 7) is 15.7. The molecule has 24 heavy (non-hydrogen) atoms. The molecule has 4 nitrogen and oxygen atoms in total. The van der Waals surface area contributed by atoms with E-state index in [4.69, 9.17) is 9.47 Å². The second-order valence-electron chi connectivity index (χ2n) is 7.33. The summed E-state index contributed by atoms with van der Waals surface area (Å²) in [4.78, 5) is 11.2. The summed E-state index contributed by atoms with van der Waals surface area (Å²) in [5, 5.41) is 10.3. The maximum atomic E-state index is 11.2. The molecular weight excluding hydrogens is 304 g/mol. The Morgan fingerprint density at radius 3 is 2.46 bits per heavy atom. The molecule has 0 aliphatic rings. The molecule has 1 radical (unpaired) electrons. The third-order valence-electron chi connectivity index (χ3n) is 3.49. The van der Waals surface area contributed by atoms with Crippen LogP contribution in [0.2, 0.25) is 0 Å². The number of carbonyl (C=O) groups excluding carboxylic acids is 1. The van der Waals surface area contributed by atoms with Gasteiger partial charge in [-0.05, 0) is 36.8 Å². The molecule has 0 aromatic heterocycles. The SMILES string of the molecule is C=CC(=O)OC(C)COc1ccc(O)c(C(C)(C)C)c1C[C](C)C. The zero-order chi connectivity index (χ0) is 18.5. The van der Waals surface area contributed by atoms with Gasteiger partial charge in [0.25, 0.3) is 0 Å². The van der Waals surface area contributed by atoms with E-state index in [0.29, 0.717) is 5.75 Å². The Labute approximate surface area is 145 Å². The second-order valence-corrected chi connectivity index (χ2v) is 7.33. The van der Waals surface area contributed by atoms with Crippen molar-refractivity contribution in [2.24, 2.45) is 0 Å². The molecule has 0 heterocycles. The molecule has 0 spiro atoms. The van der Waals surface area contributed by atoms with E-state index in [1.165, 1.54) is 5.92 Å². The fraction of sp³-hybridized carbons (Fsp3) is 0.500. The molecule has 1 aromatic carbocycles. The molecule has 1 atom stereocenters. The van der Waals surface area contributed by atoms with Crippen molar-refractivity contribution in [1.29, 1.82) is 0 Å². The topological polar surface area (TPSA) is 55.8 Å². The number of phenols is 1. The molecule has 0 fully saturated rings. The lowest BCUT2D eigenvalue weighted by atomic mass is 9.80. The number of ether oxygens (including phenoxy) is 2. The lowest BCUT2D eigenvalue weighted by Crippen LogP contribution is -2.22. The van der Waals surface area contributed by atoms with Crippen LogP contribution in [-0.2, 0) is 21.4 Å². The van der Waals surface area contributed by atoms with E-state index < -0.39 is 5.97 Å². The number of esters is 1. The first-order chi connectivity index (χ1) is 11.1. The fourth-order valence-corrected chi connectivity index (χ4v) is 2.61. The number of hydrogen-bond donors (Lipinski definition) is 1. The minimum atomic E-state index is -0.467. The van der Waals surface area contributed by atoms with Gasteiger partial charge in [-0.25, -0.2) is 4.79 Å². The van der Waals surface area contributed by atoms with Gasteiger partial charge in [-0.15, -0.1) is 0 Å². The Balaban J connectivity index is 3.09. The summed E-state index contributed by atoms with van der Waals surface area (Å²) < 4.78 is 11.0. The van der Waals surface area contributed by atoms with E-state index in [0.717, 1.165) is 23.6 Å².